The molecule has 2 N–H and O–H groups in total. The van der Waals surface area contributed by atoms with Crippen LogP contribution in [0.25, 0.3) is 0 Å². The topological polar surface area (TPSA) is 61.4 Å². The molecular formula is C22H29N3O2. The molecule has 0 aliphatic rings. The number of anilines is 3. The van der Waals surface area contributed by atoms with Crippen molar-refractivity contribution in [3.63, 3.8) is 0 Å². The van der Waals surface area contributed by atoms with Crippen molar-refractivity contribution in [1.29, 1.82) is 0 Å². The van der Waals surface area contributed by atoms with Gasteiger partial charge in [0.25, 0.3) is 0 Å². The second-order valence-electron chi connectivity index (χ2n) is 6.54. The molecule has 144 valence electrons. The molecule has 0 saturated carbocycles. The molecule has 0 radical (unpaired) electrons. The maximum Gasteiger partial charge on any atom is 0.314 e. The van der Waals surface area contributed by atoms with Gasteiger partial charge in [-0.3, -0.25) is 9.59 Å². The molecule has 5 heteroatoms. The van der Waals surface area contributed by atoms with Gasteiger partial charge in [-0.1, -0.05) is 25.1 Å². The van der Waals surface area contributed by atoms with Crippen LogP contribution in [-0.4, -0.2) is 24.9 Å². The summed E-state index contributed by atoms with van der Waals surface area (Å²) >= 11 is 0. The Kier molecular flexibility index (Phi) is 6.99. The van der Waals surface area contributed by atoms with E-state index in [0.717, 1.165) is 41.9 Å². The van der Waals surface area contributed by atoms with E-state index >= 15 is 0 Å². The number of hydrogen-bond acceptors (Lipinski definition) is 3. The van der Waals surface area contributed by atoms with E-state index in [1.165, 1.54) is 0 Å². The van der Waals surface area contributed by atoms with Gasteiger partial charge in [0.05, 0.1) is 0 Å². The monoisotopic (exact) mass is 367 g/mol. The Bertz CT molecular complexity index is 826. The number of nitrogens with one attached hydrogen (secondary N) is 2. The zero-order valence-corrected chi connectivity index (χ0v) is 16.8. The normalized spacial score (nSPS) is 10.4. The van der Waals surface area contributed by atoms with Crippen LogP contribution in [0.3, 0.4) is 0 Å². The lowest BCUT2D eigenvalue weighted by atomic mass is 10.1. The smallest absolute Gasteiger partial charge is 0.314 e. The quantitative estimate of drug-likeness (QED) is 0.749. The van der Waals surface area contributed by atoms with Crippen molar-refractivity contribution in [1.82, 2.24) is 0 Å². The van der Waals surface area contributed by atoms with E-state index in [1.54, 1.807) is 0 Å². The van der Waals surface area contributed by atoms with E-state index in [9.17, 15) is 9.59 Å². The molecule has 0 bridgehead atoms. The van der Waals surface area contributed by atoms with Crippen molar-refractivity contribution < 1.29 is 9.59 Å². The molecule has 0 heterocycles. The van der Waals surface area contributed by atoms with Crippen molar-refractivity contribution in [2.45, 2.75) is 41.0 Å². The molecule has 27 heavy (non-hydrogen) atoms. The maximum absolute atomic E-state index is 12.4. The first-order valence-electron chi connectivity index (χ1n) is 9.47. The van der Waals surface area contributed by atoms with Crippen LogP contribution >= 0.6 is 0 Å². The summed E-state index contributed by atoms with van der Waals surface area (Å²) in [6.45, 7) is 11.9. The highest BCUT2D eigenvalue weighted by Gasteiger charge is 2.17. The third-order valence-electron chi connectivity index (χ3n) is 4.77. The zero-order chi connectivity index (χ0) is 20.0. The van der Waals surface area contributed by atoms with Gasteiger partial charge in [0.15, 0.2) is 0 Å². The van der Waals surface area contributed by atoms with Crippen LogP contribution in [0.15, 0.2) is 36.4 Å². The second-order valence-corrected chi connectivity index (χ2v) is 6.54. The molecule has 0 fully saturated rings. The highest BCUT2D eigenvalue weighted by Crippen LogP contribution is 2.23. The number of benzene rings is 2. The summed E-state index contributed by atoms with van der Waals surface area (Å²) in [5.74, 6) is -1.33. The van der Waals surface area contributed by atoms with E-state index in [2.05, 4.69) is 29.4 Å². The minimum Gasteiger partial charge on any atom is -0.372 e. The van der Waals surface area contributed by atoms with Gasteiger partial charge in [0, 0.05) is 30.2 Å². The van der Waals surface area contributed by atoms with Gasteiger partial charge >= 0.3 is 11.8 Å². The Labute approximate surface area is 161 Å². The number of carbonyl (C=O) groups is 2. The highest BCUT2D eigenvalue weighted by molar-refractivity contribution is 6.43. The van der Waals surface area contributed by atoms with Crippen LogP contribution in [0.2, 0.25) is 0 Å². The standard InChI is InChI=1S/C22H29N3O2/c1-6-17-11-9-10-15(4)20(17)24-22(27)21(26)23-19-13-12-18(14-16(19)5)25(7-2)8-3/h9-14H,6-8H2,1-5H3,(H,23,26)(H,24,27). The van der Waals surface area contributed by atoms with E-state index in [0.29, 0.717) is 11.4 Å². The predicted molar refractivity (Wildman–Crippen MR) is 113 cm³/mol. The Morgan fingerprint density at radius 3 is 2.15 bits per heavy atom. The fourth-order valence-corrected chi connectivity index (χ4v) is 3.12. The number of carbonyl (C=O) groups excluding carboxylic acids is 2. The zero-order valence-electron chi connectivity index (χ0n) is 16.8. The minimum atomic E-state index is -0.668. The number of nitrogens with zero attached hydrogens (tertiary/aromatic N) is 1. The van der Waals surface area contributed by atoms with Crippen LogP contribution in [0.5, 0.6) is 0 Å². The third-order valence-corrected chi connectivity index (χ3v) is 4.77. The fourth-order valence-electron chi connectivity index (χ4n) is 3.12. The number of aryl methyl sites for hydroxylation is 3. The first-order chi connectivity index (χ1) is 12.9. The van der Waals surface area contributed by atoms with Gasteiger partial charge in [-0.15, -0.1) is 0 Å². The van der Waals surface area contributed by atoms with Gasteiger partial charge in [0.2, 0.25) is 0 Å². The molecule has 0 spiro atoms. The van der Waals surface area contributed by atoms with Gasteiger partial charge in [0.1, 0.15) is 0 Å². The summed E-state index contributed by atoms with van der Waals surface area (Å²) in [6.07, 6.45) is 0.783. The van der Waals surface area contributed by atoms with Gasteiger partial charge in [-0.2, -0.15) is 0 Å². The Morgan fingerprint density at radius 1 is 0.889 bits per heavy atom. The van der Waals surface area contributed by atoms with Crippen LogP contribution in [0.4, 0.5) is 17.1 Å². The minimum absolute atomic E-state index is 0.645. The molecule has 0 unspecified atom stereocenters. The van der Waals surface area contributed by atoms with Crippen molar-refractivity contribution in [2.75, 3.05) is 28.6 Å². The maximum atomic E-state index is 12.4. The summed E-state index contributed by atoms with van der Waals surface area (Å²) < 4.78 is 0. The van der Waals surface area contributed by atoms with E-state index < -0.39 is 11.8 Å². The highest BCUT2D eigenvalue weighted by atomic mass is 16.2. The van der Waals surface area contributed by atoms with Crippen LogP contribution in [0.1, 0.15) is 37.5 Å². The van der Waals surface area contributed by atoms with E-state index in [-0.39, 0.29) is 0 Å². The second kappa shape index (κ2) is 9.21. The molecule has 0 aromatic heterocycles. The molecule has 2 aromatic carbocycles. The molecule has 0 atom stereocenters. The fraction of sp³-hybridized carbons (Fsp3) is 0.364. The van der Waals surface area contributed by atoms with Gasteiger partial charge in [-0.05, 0) is 69.0 Å². The molecule has 0 saturated heterocycles. The molecular weight excluding hydrogens is 338 g/mol. The lowest BCUT2D eigenvalue weighted by molar-refractivity contribution is -0.133. The number of para-hydroxylation sites is 1. The van der Waals surface area contributed by atoms with Gasteiger partial charge < -0.3 is 15.5 Å². The summed E-state index contributed by atoms with van der Waals surface area (Å²) in [6, 6.07) is 11.7. The lowest BCUT2D eigenvalue weighted by Crippen LogP contribution is -2.30. The summed E-state index contributed by atoms with van der Waals surface area (Å²) in [5.41, 5.74) is 5.34. The first kappa shape index (κ1) is 20.5. The Balaban J connectivity index is 2.12. The van der Waals surface area contributed by atoms with Crippen LogP contribution in [0, 0.1) is 13.8 Å². The third kappa shape index (κ3) is 4.88. The largest absolute Gasteiger partial charge is 0.372 e. The lowest BCUT2D eigenvalue weighted by Gasteiger charge is -2.22. The summed E-state index contributed by atoms with van der Waals surface area (Å²) in [5, 5.41) is 5.48. The first-order valence-corrected chi connectivity index (χ1v) is 9.47. The number of amides is 2. The Hall–Kier alpha value is -2.82. The van der Waals surface area contributed by atoms with Crippen molar-refractivity contribution in [2.24, 2.45) is 0 Å². The Morgan fingerprint density at radius 2 is 1.56 bits per heavy atom. The molecule has 2 aromatic rings. The van der Waals surface area contributed by atoms with Gasteiger partial charge in [-0.25, -0.2) is 0 Å². The number of hydrogen-bond donors (Lipinski definition) is 2. The summed E-state index contributed by atoms with van der Waals surface area (Å²) in [4.78, 5) is 27.0. The summed E-state index contributed by atoms with van der Waals surface area (Å²) in [7, 11) is 0. The van der Waals surface area contributed by atoms with Crippen molar-refractivity contribution >= 4 is 28.9 Å². The van der Waals surface area contributed by atoms with Crippen LogP contribution < -0.4 is 15.5 Å². The van der Waals surface area contributed by atoms with E-state index in [1.807, 2.05) is 57.2 Å². The predicted octanol–water partition coefficient (Wildman–Crippen LogP) is 4.29. The average Bonchev–Trinajstić information content (AvgIpc) is 2.66. The molecule has 2 amide bonds. The SMILES string of the molecule is CCc1cccc(C)c1NC(=O)C(=O)Nc1ccc(N(CC)CC)cc1C. The average molecular weight is 367 g/mol. The molecule has 2 rings (SSSR count). The molecule has 5 nitrogen and oxygen atoms in total. The van der Waals surface area contributed by atoms with Crippen molar-refractivity contribution in [3.8, 4) is 0 Å². The number of rotatable bonds is 6. The molecule has 0 aliphatic carbocycles. The van der Waals surface area contributed by atoms with Crippen LogP contribution in [-0.2, 0) is 16.0 Å². The van der Waals surface area contributed by atoms with E-state index in [4.69, 9.17) is 0 Å². The van der Waals surface area contributed by atoms with Crippen molar-refractivity contribution in [3.05, 3.63) is 53.1 Å². The molecule has 0 aliphatic heterocycles.